The second kappa shape index (κ2) is 6.99. The number of fused-ring (bicyclic) bond motifs is 1. The number of para-hydroxylation sites is 1. The summed E-state index contributed by atoms with van der Waals surface area (Å²) in [6.07, 6.45) is 0.848. The van der Waals surface area contributed by atoms with Crippen molar-refractivity contribution in [3.05, 3.63) is 23.8 Å². The van der Waals surface area contributed by atoms with Crippen molar-refractivity contribution in [2.45, 2.75) is 25.9 Å². The average molecular weight is 334 g/mol. The number of carbonyl (C=O) groups is 1. The lowest BCUT2D eigenvalue weighted by molar-refractivity contribution is -0.135. The van der Waals surface area contributed by atoms with Gasteiger partial charge in [-0.05, 0) is 19.9 Å². The predicted octanol–water partition coefficient (Wildman–Crippen LogP) is 0.915. The number of benzene rings is 1. The van der Waals surface area contributed by atoms with Gasteiger partial charge < -0.3 is 19.5 Å². The normalized spacial score (nSPS) is 19.7. The predicted molar refractivity (Wildman–Crippen MR) is 90.5 cm³/mol. The van der Waals surface area contributed by atoms with Crippen molar-refractivity contribution in [2.75, 3.05) is 45.9 Å². The molecule has 6 heteroatoms. The third kappa shape index (κ3) is 3.82. The molecule has 1 aromatic carbocycles. The zero-order chi connectivity index (χ0) is 17.2. The lowest BCUT2D eigenvalue weighted by atomic mass is 10.0. The van der Waals surface area contributed by atoms with Gasteiger partial charge in [-0.1, -0.05) is 12.1 Å². The van der Waals surface area contributed by atoms with E-state index in [9.17, 15) is 4.79 Å². The number of ether oxygens (including phenoxy) is 2. The van der Waals surface area contributed by atoms with E-state index in [1.807, 2.05) is 36.9 Å². The van der Waals surface area contributed by atoms with Gasteiger partial charge in [0.25, 0.3) is 5.91 Å². The maximum Gasteiger partial charge on any atom is 0.260 e. The number of rotatable bonds is 5. The maximum absolute atomic E-state index is 12.4. The Morgan fingerprint density at radius 2 is 2.04 bits per heavy atom. The minimum atomic E-state index is -0.227. The molecule has 2 heterocycles. The fraction of sp³-hybridized carbons (Fsp3) is 0.611. The van der Waals surface area contributed by atoms with Crippen molar-refractivity contribution in [3.8, 4) is 11.5 Å². The molecule has 24 heavy (non-hydrogen) atoms. The second-order valence-electron chi connectivity index (χ2n) is 7.02. The van der Waals surface area contributed by atoms with Gasteiger partial charge in [0.2, 0.25) is 0 Å². The number of aliphatic hydroxyl groups excluding tert-OH is 1. The Morgan fingerprint density at radius 3 is 2.75 bits per heavy atom. The largest absolute Gasteiger partial charge is 0.483 e. The number of hydrogen-bond acceptors (Lipinski definition) is 5. The fourth-order valence-electron chi connectivity index (χ4n) is 3.29. The Bertz CT molecular complexity index is 595. The summed E-state index contributed by atoms with van der Waals surface area (Å²) in [5, 5.41) is 8.96. The summed E-state index contributed by atoms with van der Waals surface area (Å²) in [6.45, 7) is 7.90. The highest BCUT2D eigenvalue weighted by atomic mass is 16.5. The molecule has 0 aliphatic carbocycles. The van der Waals surface area contributed by atoms with Crippen molar-refractivity contribution in [1.29, 1.82) is 0 Å². The molecule has 1 amide bonds. The van der Waals surface area contributed by atoms with Crippen molar-refractivity contribution in [1.82, 2.24) is 9.80 Å². The lowest BCUT2D eigenvalue weighted by Gasteiger charge is -2.34. The van der Waals surface area contributed by atoms with Gasteiger partial charge in [-0.3, -0.25) is 9.69 Å². The van der Waals surface area contributed by atoms with Crippen LogP contribution in [0.2, 0.25) is 0 Å². The smallest absolute Gasteiger partial charge is 0.260 e. The van der Waals surface area contributed by atoms with E-state index in [0.29, 0.717) is 25.4 Å². The maximum atomic E-state index is 12.4. The first-order valence-electron chi connectivity index (χ1n) is 8.53. The molecule has 3 rings (SSSR count). The van der Waals surface area contributed by atoms with Gasteiger partial charge in [-0.15, -0.1) is 0 Å². The summed E-state index contributed by atoms with van der Waals surface area (Å²) in [5.74, 6) is 1.40. The summed E-state index contributed by atoms with van der Waals surface area (Å²) in [4.78, 5) is 16.3. The second-order valence-corrected chi connectivity index (χ2v) is 7.02. The number of nitrogens with zero attached hydrogens (tertiary/aromatic N) is 2. The molecular formula is C18H26N2O4. The van der Waals surface area contributed by atoms with Gasteiger partial charge in [-0.25, -0.2) is 0 Å². The van der Waals surface area contributed by atoms with E-state index >= 15 is 0 Å². The number of hydrogen-bond donors (Lipinski definition) is 1. The molecule has 6 nitrogen and oxygen atoms in total. The number of carbonyl (C=O) groups excluding carboxylic acids is 1. The SMILES string of the molecule is CC1(C)Cc2cccc(OCC(=O)N3CCN(CCO)CC3)c2O1. The van der Waals surface area contributed by atoms with Gasteiger partial charge in [0, 0.05) is 44.7 Å². The lowest BCUT2D eigenvalue weighted by Crippen LogP contribution is -2.50. The van der Waals surface area contributed by atoms with Gasteiger partial charge >= 0.3 is 0 Å². The minimum absolute atomic E-state index is 0.00601. The molecule has 2 aliphatic heterocycles. The Hall–Kier alpha value is -1.79. The molecule has 0 aromatic heterocycles. The summed E-state index contributed by atoms with van der Waals surface area (Å²) in [6, 6.07) is 5.84. The van der Waals surface area contributed by atoms with E-state index in [0.717, 1.165) is 30.8 Å². The number of aliphatic hydroxyl groups is 1. The van der Waals surface area contributed by atoms with Crippen molar-refractivity contribution >= 4 is 5.91 Å². The van der Waals surface area contributed by atoms with Crippen LogP contribution < -0.4 is 9.47 Å². The highest BCUT2D eigenvalue weighted by Gasteiger charge is 2.32. The monoisotopic (exact) mass is 334 g/mol. The quantitative estimate of drug-likeness (QED) is 0.867. The first-order valence-corrected chi connectivity index (χ1v) is 8.53. The molecule has 0 unspecified atom stereocenters. The van der Waals surface area contributed by atoms with Crippen LogP contribution in [0.25, 0.3) is 0 Å². The molecule has 132 valence electrons. The van der Waals surface area contributed by atoms with E-state index in [4.69, 9.17) is 14.6 Å². The van der Waals surface area contributed by atoms with Crippen molar-refractivity contribution in [2.24, 2.45) is 0 Å². The third-order valence-corrected chi connectivity index (χ3v) is 4.55. The zero-order valence-electron chi connectivity index (χ0n) is 14.5. The molecule has 0 bridgehead atoms. The summed E-state index contributed by atoms with van der Waals surface area (Å²) < 4.78 is 11.7. The number of piperazine rings is 1. The van der Waals surface area contributed by atoms with Crippen molar-refractivity contribution < 1.29 is 19.4 Å². The first kappa shape index (κ1) is 17.0. The van der Waals surface area contributed by atoms with E-state index in [2.05, 4.69) is 4.90 Å². The Kier molecular flexibility index (Phi) is 4.96. The van der Waals surface area contributed by atoms with Crippen LogP contribution in [-0.2, 0) is 11.2 Å². The molecule has 1 fully saturated rings. The van der Waals surface area contributed by atoms with Gasteiger partial charge in [-0.2, -0.15) is 0 Å². The molecule has 1 saturated heterocycles. The van der Waals surface area contributed by atoms with Gasteiger partial charge in [0.05, 0.1) is 6.61 Å². The van der Waals surface area contributed by atoms with E-state index < -0.39 is 0 Å². The van der Waals surface area contributed by atoms with Crippen LogP contribution in [0, 0.1) is 0 Å². The van der Waals surface area contributed by atoms with Gasteiger partial charge in [0.15, 0.2) is 18.1 Å². The highest BCUT2D eigenvalue weighted by molar-refractivity contribution is 5.78. The Morgan fingerprint density at radius 1 is 1.29 bits per heavy atom. The molecule has 0 spiro atoms. The van der Waals surface area contributed by atoms with E-state index in [1.54, 1.807) is 0 Å². The van der Waals surface area contributed by atoms with E-state index in [-0.39, 0.29) is 24.7 Å². The van der Waals surface area contributed by atoms with Crippen LogP contribution in [0.5, 0.6) is 11.5 Å². The average Bonchev–Trinajstić information content (AvgIpc) is 2.88. The fourth-order valence-corrected chi connectivity index (χ4v) is 3.29. The third-order valence-electron chi connectivity index (χ3n) is 4.55. The number of β-amino-alcohol motifs (C(OH)–C–C–N with tert-alkyl or cyclic N) is 1. The Balaban J connectivity index is 1.54. The molecule has 1 aromatic rings. The van der Waals surface area contributed by atoms with Crippen LogP contribution in [-0.4, -0.2) is 72.4 Å². The summed E-state index contributed by atoms with van der Waals surface area (Å²) in [7, 11) is 0. The molecule has 0 radical (unpaired) electrons. The first-order chi connectivity index (χ1) is 11.5. The summed E-state index contributed by atoms with van der Waals surface area (Å²) in [5.41, 5.74) is 0.900. The van der Waals surface area contributed by atoms with Gasteiger partial charge in [0.1, 0.15) is 5.60 Å². The summed E-state index contributed by atoms with van der Waals surface area (Å²) >= 11 is 0. The molecule has 2 aliphatic rings. The minimum Gasteiger partial charge on any atom is -0.483 e. The van der Waals surface area contributed by atoms with Crippen LogP contribution in [0.3, 0.4) is 0 Å². The van der Waals surface area contributed by atoms with Crippen LogP contribution in [0.1, 0.15) is 19.4 Å². The van der Waals surface area contributed by atoms with Crippen LogP contribution >= 0.6 is 0 Å². The molecular weight excluding hydrogens is 308 g/mol. The highest BCUT2D eigenvalue weighted by Crippen LogP contribution is 2.41. The van der Waals surface area contributed by atoms with E-state index in [1.165, 1.54) is 0 Å². The zero-order valence-corrected chi connectivity index (χ0v) is 14.5. The van der Waals surface area contributed by atoms with Crippen LogP contribution in [0.15, 0.2) is 18.2 Å². The number of amides is 1. The molecule has 1 N–H and O–H groups in total. The Labute approximate surface area is 143 Å². The van der Waals surface area contributed by atoms with Crippen LogP contribution in [0.4, 0.5) is 0 Å². The van der Waals surface area contributed by atoms with Crippen molar-refractivity contribution in [3.63, 3.8) is 0 Å². The standard InChI is InChI=1S/C18H26N2O4/c1-18(2)12-14-4-3-5-15(17(14)24-18)23-13-16(22)20-8-6-19(7-9-20)10-11-21/h3-5,21H,6-13H2,1-2H3. The molecule has 0 saturated carbocycles. The topological polar surface area (TPSA) is 62.2 Å². The molecule has 0 atom stereocenters.